The van der Waals surface area contributed by atoms with Gasteiger partial charge in [-0.2, -0.15) is 5.10 Å². The Morgan fingerprint density at radius 3 is 2.80 bits per heavy atom. The third-order valence-corrected chi connectivity index (χ3v) is 5.15. The monoisotopic (exact) mass is 398 g/mol. The van der Waals surface area contributed by atoms with Crippen molar-refractivity contribution in [2.24, 2.45) is 5.10 Å². The van der Waals surface area contributed by atoms with Gasteiger partial charge in [0, 0.05) is 24.0 Å². The van der Waals surface area contributed by atoms with Crippen LogP contribution in [0.15, 0.2) is 28.7 Å². The number of amides is 1. The van der Waals surface area contributed by atoms with Gasteiger partial charge in [0.1, 0.15) is 0 Å². The minimum absolute atomic E-state index is 0.161. The number of hydrogen-bond acceptors (Lipinski definition) is 6. The number of anilines is 1. The Morgan fingerprint density at radius 1 is 1.36 bits per heavy atom. The number of ether oxygens (including phenoxy) is 1. The van der Waals surface area contributed by atoms with Crippen molar-refractivity contribution in [2.45, 2.75) is 6.42 Å². The highest BCUT2D eigenvalue weighted by molar-refractivity contribution is 7.13. The van der Waals surface area contributed by atoms with Crippen molar-refractivity contribution in [3.05, 3.63) is 44.9 Å². The van der Waals surface area contributed by atoms with E-state index in [-0.39, 0.29) is 12.3 Å². The molecular formula is C16H16Cl2N4O2S. The maximum atomic E-state index is 12.0. The number of carbonyl (C=O) groups is 1. The predicted molar refractivity (Wildman–Crippen MR) is 101 cm³/mol. The molecule has 1 aromatic carbocycles. The Hall–Kier alpha value is -1.67. The van der Waals surface area contributed by atoms with E-state index in [9.17, 15) is 4.79 Å². The summed E-state index contributed by atoms with van der Waals surface area (Å²) >= 11 is 13.6. The Kier molecular flexibility index (Phi) is 6.25. The van der Waals surface area contributed by atoms with E-state index in [1.165, 1.54) is 17.6 Å². The number of benzene rings is 1. The number of hydrazone groups is 1. The number of aromatic nitrogens is 1. The lowest BCUT2D eigenvalue weighted by molar-refractivity contribution is -0.120. The topological polar surface area (TPSA) is 66.8 Å². The number of hydrogen-bond donors (Lipinski definition) is 1. The molecule has 1 amide bonds. The fourth-order valence-electron chi connectivity index (χ4n) is 2.28. The largest absolute Gasteiger partial charge is 0.378 e. The highest BCUT2D eigenvalue weighted by atomic mass is 35.5. The molecule has 1 saturated heterocycles. The highest BCUT2D eigenvalue weighted by Gasteiger charge is 2.15. The van der Waals surface area contributed by atoms with Gasteiger partial charge >= 0.3 is 0 Å². The number of nitrogens with one attached hydrogen (secondary N) is 1. The number of rotatable bonds is 5. The molecule has 0 aliphatic carbocycles. The second-order valence-corrected chi connectivity index (χ2v) is 6.98. The molecule has 132 valence electrons. The number of thiazole rings is 1. The molecule has 2 aromatic rings. The van der Waals surface area contributed by atoms with Crippen molar-refractivity contribution in [3.8, 4) is 0 Å². The molecule has 2 heterocycles. The molecule has 1 N–H and O–H groups in total. The number of nitrogens with zero attached hydrogens (tertiary/aromatic N) is 3. The van der Waals surface area contributed by atoms with Gasteiger partial charge in [0.25, 0.3) is 0 Å². The second-order valence-electron chi connectivity index (χ2n) is 5.33. The Morgan fingerprint density at radius 2 is 2.08 bits per heavy atom. The van der Waals surface area contributed by atoms with Gasteiger partial charge in [0.05, 0.1) is 41.6 Å². The van der Waals surface area contributed by atoms with E-state index in [1.54, 1.807) is 18.2 Å². The molecule has 1 aliphatic heterocycles. The van der Waals surface area contributed by atoms with Gasteiger partial charge in [0.2, 0.25) is 5.91 Å². The zero-order valence-electron chi connectivity index (χ0n) is 13.2. The number of morpholine rings is 1. The van der Waals surface area contributed by atoms with Gasteiger partial charge in [-0.15, -0.1) is 11.3 Å². The summed E-state index contributed by atoms with van der Waals surface area (Å²) < 4.78 is 5.33. The van der Waals surface area contributed by atoms with Crippen molar-refractivity contribution >= 4 is 51.8 Å². The van der Waals surface area contributed by atoms with Crippen LogP contribution in [0.1, 0.15) is 11.3 Å². The van der Waals surface area contributed by atoms with Crippen LogP contribution in [0.25, 0.3) is 0 Å². The summed E-state index contributed by atoms with van der Waals surface area (Å²) in [5.74, 6) is -0.252. The van der Waals surface area contributed by atoms with Crippen LogP contribution in [-0.2, 0) is 16.0 Å². The van der Waals surface area contributed by atoms with Crippen LogP contribution in [0.4, 0.5) is 5.13 Å². The summed E-state index contributed by atoms with van der Waals surface area (Å²) in [6.07, 6.45) is 1.59. The molecule has 0 unspecified atom stereocenters. The van der Waals surface area contributed by atoms with Crippen LogP contribution in [-0.4, -0.2) is 43.4 Å². The third-order valence-electron chi connectivity index (χ3n) is 3.55. The summed E-state index contributed by atoms with van der Waals surface area (Å²) in [6.45, 7) is 3.05. The first kappa shape index (κ1) is 18.1. The SMILES string of the molecule is O=C(Cc1csc(N2CCOCC2)n1)N/N=C\c1c(Cl)cccc1Cl. The summed E-state index contributed by atoms with van der Waals surface area (Å²) in [6, 6.07) is 5.16. The van der Waals surface area contributed by atoms with Gasteiger partial charge in [-0.05, 0) is 12.1 Å². The first-order chi connectivity index (χ1) is 12.1. The molecule has 1 fully saturated rings. The van der Waals surface area contributed by atoms with Gasteiger partial charge in [-0.1, -0.05) is 29.3 Å². The molecule has 3 rings (SSSR count). The predicted octanol–water partition coefficient (Wildman–Crippen LogP) is 2.98. The zero-order chi connectivity index (χ0) is 17.6. The summed E-state index contributed by atoms with van der Waals surface area (Å²) in [5, 5.41) is 7.66. The van der Waals surface area contributed by atoms with Crippen molar-refractivity contribution in [2.75, 3.05) is 31.2 Å². The average Bonchev–Trinajstić information content (AvgIpc) is 3.07. The Balaban J connectivity index is 1.54. The summed E-state index contributed by atoms with van der Waals surface area (Å²) in [5.41, 5.74) is 3.75. The van der Waals surface area contributed by atoms with E-state index < -0.39 is 0 Å². The molecule has 0 radical (unpaired) electrons. The van der Waals surface area contributed by atoms with Crippen LogP contribution < -0.4 is 10.3 Å². The summed E-state index contributed by atoms with van der Waals surface area (Å²) in [4.78, 5) is 18.7. The lowest BCUT2D eigenvalue weighted by atomic mass is 10.2. The number of carbonyl (C=O) groups excluding carboxylic acids is 1. The third kappa shape index (κ3) is 4.92. The lowest BCUT2D eigenvalue weighted by Crippen LogP contribution is -2.36. The average molecular weight is 399 g/mol. The Bertz CT molecular complexity index is 755. The van der Waals surface area contributed by atoms with E-state index in [0.717, 1.165) is 23.9 Å². The molecule has 9 heteroatoms. The van der Waals surface area contributed by atoms with E-state index in [0.29, 0.717) is 28.8 Å². The van der Waals surface area contributed by atoms with Crippen LogP contribution in [0, 0.1) is 0 Å². The fourth-order valence-corrected chi connectivity index (χ4v) is 3.66. The summed E-state index contributed by atoms with van der Waals surface area (Å²) in [7, 11) is 0. The molecule has 1 aliphatic rings. The normalized spacial score (nSPS) is 14.9. The van der Waals surface area contributed by atoms with Gasteiger partial charge in [-0.3, -0.25) is 4.79 Å². The maximum Gasteiger partial charge on any atom is 0.246 e. The van der Waals surface area contributed by atoms with Crippen molar-refractivity contribution in [1.29, 1.82) is 0 Å². The molecule has 0 saturated carbocycles. The number of halogens is 2. The molecular weight excluding hydrogens is 383 g/mol. The van der Waals surface area contributed by atoms with Crippen LogP contribution >= 0.6 is 34.5 Å². The van der Waals surface area contributed by atoms with Crippen LogP contribution in [0.3, 0.4) is 0 Å². The first-order valence-corrected chi connectivity index (χ1v) is 9.30. The second kappa shape index (κ2) is 8.62. The minimum Gasteiger partial charge on any atom is -0.378 e. The zero-order valence-corrected chi connectivity index (χ0v) is 15.6. The first-order valence-electron chi connectivity index (χ1n) is 7.66. The van der Waals surface area contributed by atoms with Crippen LogP contribution in [0.5, 0.6) is 0 Å². The van der Waals surface area contributed by atoms with Gasteiger partial charge < -0.3 is 9.64 Å². The van der Waals surface area contributed by atoms with E-state index in [1.807, 2.05) is 5.38 Å². The van der Waals surface area contributed by atoms with E-state index >= 15 is 0 Å². The molecule has 25 heavy (non-hydrogen) atoms. The quantitative estimate of drug-likeness (QED) is 0.620. The minimum atomic E-state index is -0.252. The van der Waals surface area contributed by atoms with E-state index in [4.69, 9.17) is 27.9 Å². The highest BCUT2D eigenvalue weighted by Crippen LogP contribution is 2.22. The Labute approximate surface area is 159 Å². The molecule has 0 spiro atoms. The maximum absolute atomic E-state index is 12.0. The molecule has 0 atom stereocenters. The van der Waals surface area contributed by atoms with Gasteiger partial charge in [0.15, 0.2) is 5.13 Å². The van der Waals surface area contributed by atoms with Crippen LogP contribution in [0.2, 0.25) is 10.0 Å². The van der Waals surface area contributed by atoms with Gasteiger partial charge in [-0.25, -0.2) is 10.4 Å². The standard InChI is InChI=1S/C16H16Cl2N4O2S/c17-13-2-1-3-14(18)12(13)9-19-21-15(23)8-11-10-25-16(20-11)22-4-6-24-7-5-22/h1-3,9-10H,4-8H2,(H,21,23)/b19-9-. The molecule has 1 aromatic heterocycles. The fraction of sp³-hybridized carbons (Fsp3) is 0.312. The lowest BCUT2D eigenvalue weighted by Gasteiger charge is -2.26. The van der Waals surface area contributed by atoms with Crippen molar-refractivity contribution in [3.63, 3.8) is 0 Å². The molecule has 0 bridgehead atoms. The van der Waals surface area contributed by atoms with Crippen molar-refractivity contribution in [1.82, 2.24) is 10.4 Å². The van der Waals surface area contributed by atoms with Crippen molar-refractivity contribution < 1.29 is 9.53 Å². The smallest absolute Gasteiger partial charge is 0.246 e. The van der Waals surface area contributed by atoms with E-state index in [2.05, 4.69) is 20.4 Å². The molecule has 6 nitrogen and oxygen atoms in total.